The molecule has 0 aromatic carbocycles. The highest BCUT2D eigenvalue weighted by Gasteiger charge is 2.02. The minimum atomic E-state index is -0.526. The third-order valence-electron chi connectivity index (χ3n) is 1.97. The topological polar surface area (TPSA) is 50.9 Å². The van der Waals surface area contributed by atoms with Gasteiger partial charge in [-0.25, -0.2) is 4.68 Å². The number of rotatable bonds is 2. The summed E-state index contributed by atoms with van der Waals surface area (Å²) in [4.78, 5) is 4.12. The number of hydrogen-bond acceptors (Lipinski definition) is 3. The SMILES string of the molecule is C[C@H](O)c1ccc(-n2cccn2)cn1. The number of pyridine rings is 1. The van der Waals surface area contributed by atoms with Crippen molar-refractivity contribution in [1.82, 2.24) is 14.8 Å². The Labute approximate surface area is 81.8 Å². The highest BCUT2D eigenvalue weighted by molar-refractivity contribution is 5.28. The van der Waals surface area contributed by atoms with E-state index in [1.54, 1.807) is 30.1 Å². The number of aliphatic hydroxyl groups excluding tert-OH is 1. The first kappa shape index (κ1) is 8.90. The molecule has 14 heavy (non-hydrogen) atoms. The lowest BCUT2D eigenvalue weighted by atomic mass is 10.2. The average Bonchev–Trinajstić information content (AvgIpc) is 2.71. The lowest BCUT2D eigenvalue weighted by Gasteiger charge is -2.04. The molecule has 0 unspecified atom stereocenters. The van der Waals surface area contributed by atoms with Crippen LogP contribution in [0.1, 0.15) is 18.7 Å². The van der Waals surface area contributed by atoms with Crippen LogP contribution in [0.15, 0.2) is 36.8 Å². The molecule has 2 heterocycles. The fourth-order valence-electron chi connectivity index (χ4n) is 1.20. The highest BCUT2D eigenvalue weighted by Crippen LogP contribution is 2.10. The number of hydrogen-bond donors (Lipinski definition) is 1. The van der Waals surface area contributed by atoms with E-state index in [2.05, 4.69) is 10.1 Å². The van der Waals surface area contributed by atoms with Crippen LogP contribution < -0.4 is 0 Å². The van der Waals surface area contributed by atoms with E-state index in [0.717, 1.165) is 5.69 Å². The van der Waals surface area contributed by atoms with Crippen molar-refractivity contribution in [2.24, 2.45) is 0 Å². The van der Waals surface area contributed by atoms with Crippen LogP contribution in [0.5, 0.6) is 0 Å². The normalized spacial score (nSPS) is 12.7. The molecular formula is C10H11N3O. The fraction of sp³-hybridized carbons (Fsp3) is 0.200. The molecule has 0 saturated heterocycles. The Bertz CT molecular complexity index is 392. The van der Waals surface area contributed by atoms with Gasteiger partial charge in [0.1, 0.15) is 0 Å². The smallest absolute Gasteiger partial charge is 0.0931 e. The Hall–Kier alpha value is -1.68. The summed E-state index contributed by atoms with van der Waals surface area (Å²) >= 11 is 0. The number of nitrogens with zero attached hydrogens (tertiary/aromatic N) is 3. The lowest BCUT2D eigenvalue weighted by molar-refractivity contribution is 0.194. The summed E-state index contributed by atoms with van der Waals surface area (Å²) in [6.07, 6.45) is 4.72. The maximum absolute atomic E-state index is 9.26. The van der Waals surface area contributed by atoms with E-state index in [-0.39, 0.29) is 0 Å². The summed E-state index contributed by atoms with van der Waals surface area (Å²) in [5, 5.41) is 13.3. The molecule has 0 saturated carbocycles. The molecule has 0 amide bonds. The zero-order valence-corrected chi connectivity index (χ0v) is 7.83. The zero-order chi connectivity index (χ0) is 9.97. The predicted molar refractivity (Wildman–Crippen MR) is 52.0 cm³/mol. The molecule has 0 aliphatic carbocycles. The summed E-state index contributed by atoms with van der Waals surface area (Å²) in [5.41, 5.74) is 1.56. The maximum Gasteiger partial charge on any atom is 0.0931 e. The summed E-state index contributed by atoms with van der Waals surface area (Å²) in [6, 6.07) is 5.52. The van der Waals surface area contributed by atoms with Gasteiger partial charge in [-0.1, -0.05) is 0 Å². The first-order valence-corrected chi connectivity index (χ1v) is 4.41. The largest absolute Gasteiger partial charge is 0.387 e. The highest BCUT2D eigenvalue weighted by atomic mass is 16.3. The van der Waals surface area contributed by atoms with Crippen LogP contribution in [0.4, 0.5) is 0 Å². The van der Waals surface area contributed by atoms with Gasteiger partial charge in [0, 0.05) is 12.4 Å². The zero-order valence-electron chi connectivity index (χ0n) is 7.83. The third-order valence-corrected chi connectivity index (χ3v) is 1.97. The van der Waals surface area contributed by atoms with E-state index < -0.39 is 6.10 Å². The molecule has 0 aliphatic rings. The van der Waals surface area contributed by atoms with E-state index >= 15 is 0 Å². The van der Waals surface area contributed by atoms with Crippen LogP contribution >= 0.6 is 0 Å². The van der Waals surface area contributed by atoms with E-state index in [1.165, 1.54) is 0 Å². The lowest BCUT2D eigenvalue weighted by Crippen LogP contribution is -1.99. The molecule has 2 aromatic rings. The van der Waals surface area contributed by atoms with E-state index in [9.17, 15) is 5.11 Å². The molecule has 0 radical (unpaired) electrons. The molecule has 2 rings (SSSR count). The molecule has 1 N–H and O–H groups in total. The van der Waals surface area contributed by atoms with Gasteiger partial charge >= 0.3 is 0 Å². The second kappa shape index (κ2) is 3.59. The van der Waals surface area contributed by atoms with Crippen molar-refractivity contribution in [2.75, 3.05) is 0 Å². The van der Waals surface area contributed by atoms with E-state index in [0.29, 0.717) is 5.69 Å². The monoisotopic (exact) mass is 189 g/mol. The molecule has 0 spiro atoms. The summed E-state index contributed by atoms with van der Waals surface area (Å²) < 4.78 is 1.72. The van der Waals surface area contributed by atoms with Crippen molar-refractivity contribution in [3.8, 4) is 5.69 Å². The molecule has 4 heteroatoms. The van der Waals surface area contributed by atoms with Gasteiger partial charge in [-0.3, -0.25) is 4.98 Å². The Kier molecular flexibility index (Phi) is 2.28. The second-order valence-corrected chi connectivity index (χ2v) is 3.07. The summed E-state index contributed by atoms with van der Waals surface area (Å²) in [7, 11) is 0. The minimum Gasteiger partial charge on any atom is -0.387 e. The second-order valence-electron chi connectivity index (χ2n) is 3.07. The Morgan fingerprint density at radius 3 is 2.79 bits per heavy atom. The van der Waals surface area contributed by atoms with Crippen LogP contribution in [0, 0.1) is 0 Å². The molecule has 0 aliphatic heterocycles. The van der Waals surface area contributed by atoms with Gasteiger partial charge < -0.3 is 5.11 Å². The number of aliphatic hydroxyl groups is 1. The molecule has 0 bridgehead atoms. The molecule has 1 atom stereocenters. The van der Waals surface area contributed by atoms with Gasteiger partial charge in [-0.15, -0.1) is 0 Å². The van der Waals surface area contributed by atoms with Crippen molar-refractivity contribution in [3.05, 3.63) is 42.5 Å². The Morgan fingerprint density at radius 2 is 2.29 bits per heavy atom. The molecule has 2 aromatic heterocycles. The van der Waals surface area contributed by atoms with Crippen molar-refractivity contribution >= 4 is 0 Å². The van der Waals surface area contributed by atoms with Crippen molar-refractivity contribution in [2.45, 2.75) is 13.0 Å². The van der Waals surface area contributed by atoms with E-state index in [4.69, 9.17) is 0 Å². The van der Waals surface area contributed by atoms with Gasteiger partial charge in [0.25, 0.3) is 0 Å². The molecule has 4 nitrogen and oxygen atoms in total. The molecular weight excluding hydrogens is 178 g/mol. The van der Waals surface area contributed by atoms with Gasteiger partial charge in [-0.05, 0) is 25.1 Å². The van der Waals surface area contributed by atoms with Crippen LogP contribution in [-0.4, -0.2) is 19.9 Å². The van der Waals surface area contributed by atoms with Crippen molar-refractivity contribution in [1.29, 1.82) is 0 Å². The number of aromatic nitrogens is 3. The summed E-state index contributed by atoms with van der Waals surface area (Å²) in [5.74, 6) is 0. The Balaban J connectivity index is 2.31. The first-order chi connectivity index (χ1) is 6.77. The van der Waals surface area contributed by atoms with Crippen LogP contribution in [0.25, 0.3) is 5.69 Å². The van der Waals surface area contributed by atoms with E-state index in [1.807, 2.05) is 18.3 Å². The van der Waals surface area contributed by atoms with Gasteiger partial charge in [0.05, 0.1) is 23.7 Å². The summed E-state index contributed by atoms with van der Waals surface area (Å²) in [6.45, 7) is 1.69. The van der Waals surface area contributed by atoms with Crippen molar-refractivity contribution < 1.29 is 5.11 Å². The standard InChI is InChI=1S/C10H11N3O/c1-8(14)10-4-3-9(7-11-10)13-6-2-5-12-13/h2-8,14H,1H3/t8-/m0/s1. The van der Waals surface area contributed by atoms with Crippen LogP contribution in [0.3, 0.4) is 0 Å². The maximum atomic E-state index is 9.26. The van der Waals surface area contributed by atoms with Crippen molar-refractivity contribution in [3.63, 3.8) is 0 Å². The third kappa shape index (κ3) is 1.65. The first-order valence-electron chi connectivity index (χ1n) is 4.41. The van der Waals surface area contributed by atoms with Gasteiger partial charge in [0.15, 0.2) is 0 Å². The quantitative estimate of drug-likeness (QED) is 0.775. The Morgan fingerprint density at radius 1 is 1.43 bits per heavy atom. The van der Waals surface area contributed by atoms with Gasteiger partial charge in [0.2, 0.25) is 0 Å². The average molecular weight is 189 g/mol. The van der Waals surface area contributed by atoms with Gasteiger partial charge in [-0.2, -0.15) is 5.10 Å². The van der Waals surface area contributed by atoms with Crippen LogP contribution in [-0.2, 0) is 0 Å². The minimum absolute atomic E-state index is 0.526. The predicted octanol–water partition coefficient (Wildman–Crippen LogP) is 1.32. The molecule has 0 fully saturated rings. The van der Waals surface area contributed by atoms with Crippen LogP contribution in [0.2, 0.25) is 0 Å². The molecule has 72 valence electrons. The fourth-order valence-corrected chi connectivity index (χ4v) is 1.20.